The summed E-state index contributed by atoms with van der Waals surface area (Å²) in [5.74, 6) is -3.37. The van der Waals surface area contributed by atoms with E-state index in [1.807, 2.05) is 24.3 Å². The summed E-state index contributed by atoms with van der Waals surface area (Å²) in [6.45, 7) is -0.755. The molecule has 1 saturated heterocycles. The number of rotatable bonds is 4. The lowest BCUT2D eigenvalue weighted by molar-refractivity contribution is -0.0262. The number of carbonyl (C=O) groups is 1. The summed E-state index contributed by atoms with van der Waals surface area (Å²) in [5.41, 5.74) is 1.83. The van der Waals surface area contributed by atoms with Crippen molar-refractivity contribution in [2.24, 2.45) is 0 Å². The molecule has 2 aliphatic heterocycles. The topological polar surface area (TPSA) is 58.9 Å². The van der Waals surface area contributed by atoms with Crippen molar-refractivity contribution in [3.05, 3.63) is 80.7 Å². The number of carbonyl (C=O) groups excluding carboxylic acids is 1. The van der Waals surface area contributed by atoms with Crippen LogP contribution in [0.2, 0.25) is 15.1 Å². The van der Waals surface area contributed by atoms with Gasteiger partial charge in [-0.2, -0.15) is 5.10 Å². The van der Waals surface area contributed by atoms with Crippen LogP contribution in [0, 0.1) is 5.82 Å². The number of hydrogen-bond donors (Lipinski definition) is 1. The summed E-state index contributed by atoms with van der Waals surface area (Å²) < 4.78 is 49.2. The Morgan fingerprint density at radius 3 is 2.63 bits per heavy atom. The molecule has 0 saturated carbocycles. The molecule has 12 heteroatoms. The van der Waals surface area contributed by atoms with Crippen molar-refractivity contribution in [1.29, 1.82) is 0 Å². The van der Waals surface area contributed by atoms with E-state index in [1.165, 1.54) is 21.7 Å². The quantitative estimate of drug-likeness (QED) is 0.269. The van der Waals surface area contributed by atoms with Crippen LogP contribution in [0.3, 0.4) is 0 Å². The first-order chi connectivity index (χ1) is 18.1. The molecule has 1 N–H and O–H groups in total. The molecular formula is C26H18Cl3F3N4O2. The first-order valence-corrected chi connectivity index (χ1v) is 12.8. The number of nitrogens with zero attached hydrogens (tertiary/aromatic N) is 3. The Balaban J connectivity index is 1.47. The molecule has 4 aromatic rings. The van der Waals surface area contributed by atoms with Gasteiger partial charge in [-0.25, -0.2) is 17.7 Å². The summed E-state index contributed by atoms with van der Waals surface area (Å²) >= 11 is 19.0. The van der Waals surface area contributed by atoms with Gasteiger partial charge in [0.2, 0.25) is 0 Å². The number of fused-ring (bicyclic) bond motifs is 2. The molecule has 2 aliphatic rings. The Morgan fingerprint density at radius 1 is 1.11 bits per heavy atom. The molecule has 1 atom stereocenters. The summed E-state index contributed by atoms with van der Waals surface area (Å²) in [7, 11) is 0. The average Bonchev–Trinajstić information content (AvgIpc) is 3.20. The monoisotopic (exact) mass is 580 g/mol. The number of benzene rings is 2. The molecule has 6 nitrogen and oxygen atoms in total. The summed E-state index contributed by atoms with van der Waals surface area (Å²) in [6, 6.07) is 10.8. The molecule has 2 aromatic carbocycles. The fraction of sp³-hybridized carbons (Fsp3) is 0.231. The van der Waals surface area contributed by atoms with E-state index in [0.29, 0.717) is 18.8 Å². The van der Waals surface area contributed by atoms with E-state index >= 15 is 0 Å². The van der Waals surface area contributed by atoms with Gasteiger partial charge in [0.25, 0.3) is 11.8 Å². The van der Waals surface area contributed by atoms with E-state index in [4.69, 9.17) is 39.5 Å². The molecule has 0 unspecified atom stereocenters. The highest BCUT2D eigenvalue weighted by Gasteiger charge is 2.46. The van der Waals surface area contributed by atoms with Crippen LogP contribution in [0.15, 0.2) is 48.7 Å². The first-order valence-electron chi connectivity index (χ1n) is 11.6. The summed E-state index contributed by atoms with van der Waals surface area (Å²) in [6.07, 6.45) is 1.82. The second-order valence-electron chi connectivity index (χ2n) is 9.21. The lowest BCUT2D eigenvalue weighted by Gasteiger charge is -2.41. The van der Waals surface area contributed by atoms with Crippen molar-refractivity contribution < 1.29 is 22.7 Å². The van der Waals surface area contributed by atoms with Gasteiger partial charge in [0.05, 0.1) is 69.5 Å². The molecule has 0 spiro atoms. The van der Waals surface area contributed by atoms with Crippen LogP contribution < -0.4 is 15.0 Å². The van der Waals surface area contributed by atoms with Crippen molar-refractivity contribution in [3.63, 3.8) is 0 Å². The maximum atomic E-state index is 14.2. The Kier molecular flexibility index (Phi) is 6.13. The fourth-order valence-corrected chi connectivity index (χ4v) is 5.63. The molecule has 1 fully saturated rings. The van der Waals surface area contributed by atoms with Crippen LogP contribution in [-0.2, 0) is 0 Å². The number of amides is 1. The third-order valence-corrected chi connectivity index (χ3v) is 7.74. The van der Waals surface area contributed by atoms with E-state index < -0.39 is 30.7 Å². The minimum Gasteiger partial charge on any atom is -0.493 e. The van der Waals surface area contributed by atoms with Gasteiger partial charge in [-0.1, -0.05) is 53.0 Å². The largest absolute Gasteiger partial charge is 0.493 e. The lowest BCUT2D eigenvalue weighted by Crippen LogP contribution is -2.57. The number of hydrogen-bond acceptors (Lipinski definition) is 4. The molecule has 0 bridgehead atoms. The van der Waals surface area contributed by atoms with Crippen LogP contribution in [0.5, 0.6) is 5.75 Å². The number of anilines is 1. The van der Waals surface area contributed by atoms with E-state index in [-0.39, 0.29) is 49.1 Å². The van der Waals surface area contributed by atoms with Crippen LogP contribution in [0.25, 0.3) is 16.8 Å². The SMILES string of the molecule is O=C(N[C@H]1CCOc2ccccc21)c1cnn2c(-c3cc(F)cc(Cl)c3Cl)c(Cl)cc2c1N1CC(F)(F)C1. The molecule has 196 valence electrons. The molecule has 1 amide bonds. The van der Waals surface area contributed by atoms with Gasteiger partial charge >= 0.3 is 0 Å². The predicted molar refractivity (Wildman–Crippen MR) is 140 cm³/mol. The van der Waals surface area contributed by atoms with Gasteiger partial charge in [-0.15, -0.1) is 0 Å². The zero-order valence-corrected chi connectivity index (χ0v) is 21.7. The first kappa shape index (κ1) is 25.2. The highest BCUT2D eigenvalue weighted by Crippen LogP contribution is 2.43. The summed E-state index contributed by atoms with van der Waals surface area (Å²) in [5, 5.41) is 7.53. The van der Waals surface area contributed by atoms with Crippen molar-refractivity contribution in [2.45, 2.75) is 18.4 Å². The van der Waals surface area contributed by atoms with E-state index in [0.717, 1.165) is 17.7 Å². The number of alkyl halides is 2. The highest BCUT2D eigenvalue weighted by molar-refractivity contribution is 6.44. The van der Waals surface area contributed by atoms with Crippen LogP contribution in [-0.4, -0.2) is 41.1 Å². The maximum Gasteiger partial charge on any atom is 0.282 e. The highest BCUT2D eigenvalue weighted by atomic mass is 35.5. The van der Waals surface area contributed by atoms with Crippen molar-refractivity contribution in [2.75, 3.05) is 24.6 Å². The number of nitrogens with one attached hydrogen (secondary N) is 1. The number of aromatic nitrogens is 2. The van der Waals surface area contributed by atoms with Gasteiger partial charge in [-0.3, -0.25) is 4.79 Å². The standard InChI is InChI=1S/C26H18Cl3F3N4O2/c27-17-8-13(30)7-15(22(17)29)23-18(28)9-20-24(35-11-26(31,32)12-35)16(10-33-36(20)23)25(37)34-19-5-6-38-21-4-2-1-3-14(19)21/h1-4,7-10,19H,5-6,11-12H2,(H,34,37)/t19-/m0/s1. The smallest absolute Gasteiger partial charge is 0.282 e. The minimum atomic E-state index is -2.91. The second kappa shape index (κ2) is 9.25. The number of halogens is 6. The third-order valence-electron chi connectivity index (χ3n) is 6.65. The second-order valence-corrected chi connectivity index (χ2v) is 10.4. The predicted octanol–water partition coefficient (Wildman–Crippen LogP) is 6.81. The maximum absolute atomic E-state index is 14.2. The van der Waals surface area contributed by atoms with Crippen molar-refractivity contribution >= 4 is 51.9 Å². The van der Waals surface area contributed by atoms with Crippen LogP contribution >= 0.6 is 34.8 Å². The molecule has 4 heterocycles. The summed E-state index contributed by atoms with van der Waals surface area (Å²) in [4.78, 5) is 15.0. The zero-order valence-electron chi connectivity index (χ0n) is 19.5. The van der Waals surface area contributed by atoms with Gasteiger partial charge in [0, 0.05) is 17.5 Å². The molecule has 0 radical (unpaired) electrons. The number of ether oxygens (including phenoxy) is 1. The zero-order chi connectivity index (χ0) is 26.8. The molecule has 6 rings (SSSR count). The fourth-order valence-electron chi connectivity index (χ4n) is 4.94. The van der Waals surface area contributed by atoms with Gasteiger partial charge < -0.3 is 15.0 Å². The molecule has 2 aromatic heterocycles. The van der Waals surface area contributed by atoms with Gasteiger partial charge in [0.1, 0.15) is 11.6 Å². The third kappa shape index (κ3) is 4.22. The molecule has 0 aliphatic carbocycles. The van der Waals surface area contributed by atoms with E-state index in [1.54, 1.807) is 0 Å². The Morgan fingerprint density at radius 2 is 1.87 bits per heavy atom. The Labute approximate surface area is 229 Å². The van der Waals surface area contributed by atoms with Gasteiger partial charge in [-0.05, 0) is 24.3 Å². The molecular weight excluding hydrogens is 564 g/mol. The van der Waals surface area contributed by atoms with E-state index in [2.05, 4.69) is 10.4 Å². The van der Waals surface area contributed by atoms with Gasteiger partial charge in [0.15, 0.2) is 0 Å². The van der Waals surface area contributed by atoms with Crippen LogP contribution in [0.1, 0.15) is 28.4 Å². The van der Waals surface area contributed by atoms with Crippen LogP contribution in [0.4, 0.5) is 18.9 Å². The normalized spacial score (nSPS) is 18.1. The lowest BCUT2D eigenvalue weighted by atomic mass is 10.00. The van der Waals surface area contributed by atoms with Crippen molar-refractivity contribution in [3.8, 4) is 17.0 Å². The Bertz CT molecular complexity index is 1600. The molecule has 38 heavy (non-hydrogen) atoms. The number of para-hydroxylation sites is 1. The minimum absolute atomic E-state index is 0.0250. The van der Waals surface area contributed by atoms with E-state index in [9.17, 15) is 18.0 Å². The Hall–Kier alpha value is -3.14. The average molecular weight is 582 g/mol. The van der Waals surface area contributed by atoms with Crippen molar-refractivity contribution in [1.82, 2.24) is 14.9 Å².